The molecule has 0 aromatic carbocycles. The van der Waals surface area contributed by atoms with Gasteiger partial charge >= 0.3 is 11.7 Å². The first-order valence-corrected chi connectivity index (χ1v) is 4.44. The average Bonchev–Trinajstić information content (AvgIpc) is 2.18. The van der Waals surface area contributed by atoms with E-state index in [-0.39, 0.29) is 17.9 Å². The van der Waals surface area contributed by atoms with Crippen LogP contribution < -0.4 is 4.74 Å². The van der Waals surface area contributed by atoms with Crippen LogP contribution in [0.4, 0.5) is 5.69 Å². The number of nitro groups is 1. The minimum absolute atomic E-state index is 0.0616. The third kappa shape index (κ3) is 3.01. The number of hydrogen-bond acceptors (Lipinski definition) is 5. The molecule has 0 aliphatic carbocycles. The second kappa shape index (κ2) is 5.04. The molecule has 0 bridgehead atoms. The van der Waals surface area contributed by atoms with Crippen LogP contribution in [-0.4, -0.2) is 15.9 Å². The Kier molecular flexibility index (Phi) is 3.73. The second-order valence-electron chi connectivity index (χ2n) is 2.82. The van der Waals surface area contributed by atoms with Crippen LogP contribution >= 0.6 is 0 Å². The maximum atomic E-state index is 11.1. The second-order valence-corrected chi connectivity index (χ2v) is 2.82. The van der Waals surface area contributed by atoms with Gasteiger partial charge in [-0.3, -0.25) is 19.9 Å². The number of rotatable bonds is 4. The summed E-state index contributed by atoms with van der Waals surface area (Å²) in [5.41, 5.74) is -0.304. The van der Waals surface area contributed by atoms with Gasteiger partial charge in [-0.25, -0.2) is 0 Å². The SMILES string of the molecule is CCCC(=O)Oc1ccncc1[N+](=O)[O-]. The van der Waals surface area contributed by atoms with E-state index < -0.39 is 10.9 Å². The zero-order valence-corrected chi connectivity index (χ0v) is 8.17. The standard InChI is InChI=1S/C9H10N2O4/c1-2-3-9(12)15-8-4-5-10-6-7(8)11(13)14/h4-6H,2-3H2,1H3. The minimum atomic E-state index is -0.637. The zero-order chi connectivity index (χ0) is 11.3. The smallest absolute Gasteiger partial charge is 0.329 e. The van der Waals surface area contributed by atoms with Gasteiger partial charge in [0.05, 0.1) is 4.92 Å². The highest BCUT2D eigenvalue weighted by atomic mass is 16.6. The Morgan fingerprint density at radius 3 is 3.00 bits per heavy atom. The van der Waals surface area contributed by atoms with Crippen LogP contribution in [0.25, 0.3) is 0 Å². The number of carbonyl (C=O) groups excluding carboxylic acids is 1. The zero-order valence-electron chi connectivity index (χ0n) is 8.17. The molecule has 1 rings (SSSR count). The van der Waals surface area contributed by atoms with Crippen LogP contribution in [0, 0.1) is 10.1 Å². The molecule has 0 radical (unpaired) electrons. The Morgan fingerprint density at radius 1 is 1.67 bits per heavy atom. The predicted molar refractivity (Wildman–Crippen MR) is 51.4 cm³/mol. The fraction of sp³-hybridized carbons (Fsp3) is 0.333. The topological polar surface area (TPSA) is 82.3 Å². The quantitative estimate of drug-likeness (QED) is 0.429. The van der Waals surface area contributed by atoms with Crippen LogP contribution in [0.2, 0.25) is 0 Å². The van der Waals surface area contributed by atoms with Gasteiger partial charge in [-0.1, -0.05) is 6.92 Å². The molecular weight excluding hydrogens is 200 g/mol. The molecule has 1 heterocycles. The van der Waals surface area contributed by atoms with Gasteiger partial charge < -0.3 is 4.74 Å². The van der Waals surface area contributed by atoms with E-state index in [9.17, 15) is 14.9 Å². The highest BCUT2D eigenvalue weighted by molar-refractivity contribution is 5.73. The molecule has 6 nitrogen and oxygen atoms in total. The molecule has 0 unspecified atom stereocenters. The minimum Gasteiger partial charge on any atom is -0.419 e. The van der Waals surface area contributed by atoms with Crippen molar-refractivity contribution in [3.8, 4) is 5.75 Å². The lowest BCUT2D eigenvalue weighted by atomic mass is 10.3. The highest BCUT2D eigenvalue weighted by Gasteiger charge is 2.17. The summed E-state index contributed by atoms with van der Waals surface area (Å²) >= 11 is 0. The lowest BCUT2D eigenvalue weighted by Gasteiger charge is -2.02. The van der Waals surface area contributed by atoms with Crippen molar-refractivity contribution in [2.75, 3.05) is 0 Å². The van der Waals surface area contributed by atoms with Crippen LogP contribution in [0.15, 0.2) is 18.5 Å². The van der Waals surface area contributed by atoms with Crippen molar-refractivity contribution < 1.29 is 14.5 Å². The summed E-state index contributed by atoms with van der Waals surface area (Å²) in [6.45, 7) is 1.82. The van der Waals surface area contributed by atoms with E-state index in [1.807, 2.05) is 6.92 Å². The Morgan fingerprint density at radius 2 is 2.40 bits per heavy atom. The third-order valence-corrected chi connectivity index (χ3v) is 1.64. The van der Waals surface area contributed by atoms with Gasteiger partial charge in [-0.05, 0) is 6.42 Å². The molecule has 0 saturated carbocycles. The molecule has 15 heavy (non-hydrogen) atoms. The lowest BCUT2D eigenvalue weighted by Crippen LogP contribution is -2.08. The van der Waals surface area contributed by atoms with Gasteiger partial charge in [-0.15, -0.1) is 0 Å². The summed E-state index contributed by atoms with van der Waals surface area (Å²) in [5.74, 6) is -0.541. The molecule has 6 heteroatoms. The molecule has 0 amide bonds. The number of aromatic nitrogens is 1. The third-order valence-electron chi connectivity index (χ3n) is 1.64. The van der Waals surface area contributed by atoms with E-state index in [0.717, 1.165) is 6.20 Å². The first-order chi connectivity index (χ1) is 7.15. The first kappa shape index (κ1) is 11.1. The summed E-state index contributed by atoms with van der Waals surface area (Å²) in [6.07, 6.45) is 3.26. The van der Waals surface area contributed by atoms with Crippen LogP contribution in [0.1, 0.15) is 19.8 Å². The van der Waals surface area contributed by atoms with E-state index in [0.29, 0.717) is 6.42 Å². The number of hydrogen-bond donors (Lipinski definition) is 0. The van der Waals surface area contributed by atoms with Gasteiger partial charge in [0.15, 0.2) is 0 Å². The van der Waals surface area contributed by atoms with Gasteiger partial charge in [0.1, 0.15) is 6.20 Å². The lowest BCUT2D eigenvalue weighted by molar-refractivity contribution is -0.386. The Balaban J connectivity index is 2.84. The summed E-state index contributed by atoms with van der Waals surface area (Å²) in [5, 5.41) is 10.5. The van der Waals surface area contributed by atoms with Crippen molar-refractivity contribution in [2.24, 2.45) is 0 Å². The molecule has 0 fully saturated rings. The van der Waals surface area contributed by atoms with Crippen molar-refractivity contribution in [1.82, 2.24) is 4.98 Å². The summed E-state index contributed by atoms with van der Waals surface area (Å²) < 4.78 is 4.83. The summed E-state index contributed by atoms with van der Waals surface area (Å²) in [4.78, 5) is 24.6. The molecular formula is C9H10N2O4. The summed E-state index contributed by atoms with van der Waals surface area (Å²) in [7, 11) is 0. The molecule has 0 N–H and O–H groups in total. The fourth-order valence-electron chi connectivity index (χ4n) is 0.975. The van der Waals surface area contributed by atoms with Gasteiger partial charge in [0.25, 0.3) is 0 Å². The van der Waals surface area contributed by atoms with E-state index in [1.54, 1.807) is 0 Å². The maximum Gasteiger partial charge on any atom is 0.329 e. The molecule has 0 aliphatic heterocycles. The van der Waals surface area contributed by atoms with Crippen LogP contribution in [-0.2, 0) is 4.79 Å². The van der Waals surface area contributed by atoms with E-state index in [1.165, 1.54) is 12.3 Å². The Labute approximate surface area is 86.0 Å². The number of carbonyl (C=O) groups is 1. The van der Waals surface area contributed by atoms with E-state index >= 15 is 0 Å². The molecule has 1 aromatic heterocycles. The number of nitrogens with zero attached hydrogens (tertiary/aromatic N) is 2. The van der Waals surface area contributed by atoms with E-state index in [4.69, 9.17) is 4.74 Å². The Bertz CT molecular complexity index is 378. The maximum absolute atomic E-state index is 11.1. The largest absolute Gasteiger partial charge is 0.419 e. The predicted octanol–water partition coefficient (Wildman–Crippen LogP) is 1.70. The molecule has 80 valence electrons. The number of esters is 1. The van der Waals surface area contributed by atoms with Crippen molar-refractivity contribution in [1.29, 1.82) is 0 Å². The summed E-state index contributed by atoms with van der Waals surface area (Å²) in [6, 6.07) is 1.30. The van der Waals surface area contributed by atoms with Crippen molar-refractivity contribution in [3.63, 3.8) is 0 Å². The Hall–Kier alpha value is -1.98. The normalized spacial score (nSPS) is 9.67. The van der Waals surface area contributed by atoms with Crippen molar-refractivity contribution in [3.05, 3.63) is 28.6 Å². The fourth-order valence-corrected chi connectivity index (χ4v) is 0.975. The van der Waals surface area contributed by atoms with Crippen molar-refractivity contribution >= 4 is 11.7 Å². The van der Waals surface area contributed by atoms with Gasteiger partial charge in [0, 0.05) is 18.7 Å². The van der Waals surface area contributed by atoms with Gasteiger partial charge in [-0.2, -0.15) is 0 Å². The van der Waals surface area contributed by atoms with Crippen LogP contribution in [0.3, 0.4) is 0 Å². The number of ether oxygens (including phenoxy) is 1. The molecule has 0 saturated heterocycles. The first-order valence-electron chi connectivity index (χ1n) is 4.44. The molecule has 0 aliphatic rings. The number of pyridine rings is 1. The average molecular weight is 210 g/mol. The molecule has 0 atom stereocenters. The molecule has 0 spiro atoms. The van der Waals surface area contributed by atoms with Crippen LogP contribution in [0.5, 0.6) is 5.75 Å². The monoisotopic (exact) mass is 210 g/mol. The van der Waals surface area contributed by atoms with Crippen molar-refractivity contribution in [2.45, 2.75) is 19.8 Å². The molecule has 1 aromatic rings. The van der Waals surface area contributed by atoms with E-state index in [2.05, 4.69) is 4.98 Å². The highest BCUT2D eigenvalue weighted by Crippen LogP contribution is 2.24. The van der Waals surface area contributed by atoms with Gasteiger partial charge in [0.2, 0.25) is 5.75 Å².